The van der Waals surface area contributed by atoms with E-state index in [0.717, 1.165) is 19.3 Å². The standard InChI is InChI=1S/C19H36OS/c1-4-6-8-10-12-14-16-18(3)21-19(20)17-15-13-11-9-7-5-2/h14,16,18H,4-13,15,17H2,1-3H3. The summed E-state index contributed by atoms with van der Waals surface area (Å²) in [6.07, 6.45) is 19.2. The molecule has 0 fully saturated rings. The number of unbranched alkanes of at least 4 members (excludes halogenated alkanes) is 9. The number of carbonyl (C=O) groups is 1. The Bertz CT molecular complexity index is 260. The van der Waals surface area contributed by atoms with Crippen LogP contribution < -0.4 is 0 Å². The first-order valence-electron chi connectivity index (χ1n) is 9.06. The van der Waals surface area contributed by atoms with Gasteiger partial charge in [-0.1, -0.05) is 89.1 Å². The minimum Gasteiger partial charge on any atom is -0.287 e. The molecule has 0 rings (SSSR count). The van der Waals surface area contributed by atoms with Gasteiger partial charge in [-0.15, -0.1) is 0 Å². The first kappa shape index (κ1) is 20.8. The molecule has 2 heteroatoms. The lowest BCUT2D eigenvalue weighted by atomic mass is 10.1. The summed E-state index contributed by atoms with van der Waals surface area (Å²) in [5, 5.41) is 0.706. The van der Waals surface area contributed by atoms with Crippen molar-refractivity contribution in [2.24, 2.45) is 0 Å². The van der Waals surface area contributed by atoms with Crippen LogP contribution in [0.25, 0.3) is 0 Å². The van der Waals surface area contributed by atoms with Gasteiger partial charge in [-0.05, 0) is 26.2 Å². The van der Waals surface area contributed by atoms with Gasteiger partial charge in [-0.2, -0.15) is 0 Å². The molecule has 0 radical (unpaired) electrons. The maximum atomic E-state index is 11.8. The van der Waals surface area contributed by atoms with Gasteiger partial charge < -0.3 is 0 Å². The third kappa shape index (κ3) is 16.0. The van der Waals surface area contributed by atoms with Crippen LogP contribution in [-0.4, -0.2) is 10.4 Å². The van der Waals surface area contributed by atoms with Crippen molar-refractivity contribution in [2.75, 3.05) is 0 Å². The van der Waals surface area contributed by atoms with Crippen LogP contribution >= 0.6 is 11.8 Å². The molecule has 1 atom stereocenters. The Morgan fingerprint density at radius 3 is 2.14 bits per heavy atom. The molecule has 0 bridgehead atoms. The van der Waals surface area contributed by atoms with Crippen LogP contribution in [0.2, 0.25) is 0 Å². The Kier molecular flexibility index (Phi) is 16.0. The lowest BCUT2D eigenvalue weighted by Gasteiger charge is -2.05. The minimum atomic E-state index is 0.337. The second-order valence-electron chi connectivity index (χ2n) is 5.99. The quantitative estimate of drug-likeness (QED) is 0.256. The number of carbonyl (C=O) groups excluding carboxylic acids is 1. The molecule has 0 saturated heterocycles. The predicted octanol–water partition coefficient (Wildman–Crippen LogP) is 6.91. The first-order chi connectivity index (χ1) is 10.2. The number of allylic oxidation sites excluding steroid dienone is 1. The van der Waals surface area contributed by atoms with Crippen molar-refractivity contribution < 1.29 is 4.79 Å². The van der Waals surface area contributed by atoms with Crippen LogP contribution in [0.3, 0.4) is 0 Å². The summed E-state index contributed by atoms with van der Waals surface area (Å²) >= 11 is 1.51. The Balaban J connectivity index is 3.49. The van der Waals surface area contributed by atoms with Gasteiger partial charge in [0.2, 0.25) is 0 Å². The lowest BCUT2D eigenvalue weighted by molar-refractivity contribution is -0.111. The van der Waals surface area contributed by atoms with E-state index in [0.29, 0.717) is 10.4 Å². The molecule has 0 aliphatic heterocycles. The molecule has 0 aliphatic rings. The van der Waals surface area contributed by atoms with Crippen LogP contribution in [0.1, 0.15) is 97.8 Å². The summed E-state index contributed by atoms with van der Waals surface area (Å²) in [6, 6.07) is 0. The number of hydrogen-bond donors (Lipinski definition) is 0. The van der Waals surface area contributed by atoms with E-state index in [-0.39, 0.29) is 0 Å². The average molecular weight is 313 g/mol. The maximum absolute atomic E-state index is 11.8. The zero-order chi connectivity index (χ0) is 15.8. The van der Waals surface area contributed by atoms with Crippen LogP contribution in [0.15, 0.2) is 12.2 Å². The Morgan fingerprint density at radius 1 is 0.905 bits per heavy atom. The van der Waals surface area contributed by atoms with Crippen molar-refractivity contribution in [2.45, 2.75) is 103 Å². The number of thioether (sulfide) groups is 1. The SMILES string of the molecule is CCCCCCC=CC(C)SC(=O)CCCCCCCC. The van der Waals surface area contributed by atoms with Gasteiger partial charge in [0.05, 0.1) is 0 Å². The third-order valence-corrected chi connectivity index (χ3v) is 4.68. The maximum Gasteiger partial charge on any atom is 0.189 e. The second kappa shape index (κ2) is 16.1. The zero-order valence-electron chi connectivity index (χ0n) is 14.5. The van der Waals surface area contributed by atoms with Gasteiger partial charge in [0.15, 0.2) is 5.12 Å². The Labute approximate surface area is 137 Å². The molecule has 0 N–H and O–H groups in total. The van der Waals surface area contributed by atoms with Crippen LogP contribution in [0, 0.1) is 0 Å². The number of rotatable bonds is 14. The summed E-state index contributed by atoms with van der Waals surface area (Å²) in [6.45, 7) is 6.61. The monoisotopic (exact) mass is 312 g/mol. The molecule has 1 unspecified atom stereocenters. The van der Waals surface area contributed by atoms with Gasteiger partial charge in [0.25, 0.3) is 0 Å². The van der Waals surface area contributed by atoms with Crippen LogP contribution in [0.5, 0.6) is 0 Å². The highest BCUT2D eigenvalue weighted by Crippen LogP contribution is 2.18. The summed E-state index contributed by atoms with van der Waals surface area (Å²) < 4.78 is 0. The van der Waals surface area contributed by atoms with E-state index in [1.54, 1.807) is 0 Å². The van der Waals surface area contributed by atoms with E-state index >= 15 is 0 Å². The normalized spacial score (nSPS) is 12.9. The topological polar surface area (TPSA) is 17.1 Å². The van der Waals surface area contributed by atoms with Crippen molar-refractivity contribution in [1.29, 1.82) is 0 Å². The Hall–Kier alpha value is -0.240. The van der Waals surface area contributed by atoms with E-state index in [1.165, 1.54) is 69.5 Å². The third-order valence-electron chi connectivity index (χ3n) is 3.68. The Morgan fingerprint density at radius 2 is 1.48 bits per heavy atom. The molecular weight excluding hydrogens is 276 g/mol. The minimum absolute atomic E-state index is 0.337. The van der Waals surface area contributed by atoms with Gasteiger partial charge >= 0.3 is 0 Å². The summed E-state index contributed by atoms with van der Waals surface area (Å²) in [5.74, 6) is 0. The van der Waals surface area contributed by atoms with E-state index in [4.69, 9.17) is 0 Å². The summed E-state index contributed by atoms with van der Waals surface area (Å²) in [4.78, 5) is 11.8. The van der Waals surface area contributed by atoms with Gasteiger partial charge in [0.1, 0.15) is 0 Å². The van der Waals surface area contributed by atoms with E-state index < -0.39 is 0 Å². The molecule has 21 heavy (non-hydrogen) atoms. The van der Waals surface area contributed by atoms with Crippen molar-refractivity contribution in [3.63, 3.8) is 0 Å². The molecule has 0 aromatic carbocycles. The lowest BCUT2D eigenvalue weighted by Crippen LogP contribution is -1.99. The molecule has 0 saturated carbocycles. The van der Waals surface area contributed by atoms with Gasteiger partial charge in [-0.25, -0.2) is 0 Å². The van der Waals surface area contributed by atoms with E-state index in [9.17, 15) is 4.79 Å². The second-order valence-corrected chi connectivity index (χ2v) is 7.42. The van der Waals surface area contributed by atoms with E-state index in [2.05, 4.69) is 32.9 Å². The molecule has 0 amide bonds. The molecule has 124 valence electrons. The molecule has 0 aromatic rings. The molecular formula is C19H36OS. The van der Waals surface area contributed by atoms with Crippen molar-refractivity contribution in [1.82, 2.24) is 0 Å². The smallest absolute Gasteiger partial charge is 0.189 e. The fourth-order valence-electron chi connectivity index (χ4n) is 2.33. The highest BCUT2D eigenvalue weighted by atomic mass is 32.2. The zero-order valence-corrected chi connectivity index (χ0v) is 15.4. The average Bonchev–Trinajstić information content (AvgIpc) is 2.46. The highest BCUT2D eigenvalue weighted by Gasteiger charge is 2.06. The number of hydrogen-bond acceptors (Lipinski definition) is 2. The van der Waals surface area contributed by atoms with E-state index in [1.807, 2.05) is 0 Å². The van der Waals surface area contributed by atoms with Gasteiger partial charge in [0, 0.05) is 11.7 Å². The predicted molar refractivity (Wildman–Crippen MR) is 98.0 cm³/mol. The van der Waals surface area contributed by atoms with Crippen LogP contribution in [0.4, 0.5) is 0 Å². The van der Waals surface area contributed by atoms with Gasteiger partial charge in [-0.3, -0.25) is 4.79 Å². The largest absolute Gasteiger partial charge is 0.287 e. The van der Waals surface area contributed by atoms with Crippen molar-refractivity contribution in [3.05, 3.63) is 12.2 Å². The molecule has 0 aromatic heterocycles. The van der Waals surface area contributed by atoms with Crippen molar-refractivity contribution >= 4 is 16.9 Å². The molecule has 0 heterocycles. The van der Waals surface area contributed by atoms with Crippen LogP contribution in [-0.2, 0) is 4.79 Å². The fraction of sp³-hybridized carbons (Fsp3) is 0.842. The summed E-state index contributed by atoms with van der Waals surface area (Å²) in [5.41, 5.74) is 0. The summed E-state index contributed by atoms with van der Waals surface area (Å²) in [7, 11) is 0. The molecule has 1 nitrogen and oxygen atoms in total. The molecule has 0 aliphatic carbocycles. The first-order valence-corrected chi connectivity index (χ1v) is 9.94. The van der Waals surface area contributed by atoms with Crippen molar-refractivity contribution in [3.8, 4) is 0 Å². The molecule has 0 spiro atoms. The highest BCUT2D eigenvalue weighted by molar-refractivity contribution is 8.14. The fourth-order valence-corrected chi connectivity index (χ4v) is 3.20.